The molecule has 1 amide bonds. The summed E-state index contributed by atoms with van der Waals surface area (Å²) in [6, 6.07) is 7.77. The van der Waals surface area contributed by atoms with Gasteiger partial charge < -0.3 is 4.90 Å². The Hall–Kier alpha value is -1.15. The lowest BCUT2D eigenvalue weighted by atomic mass is 10.2. The van der Waals surface area contributed by atoms with Gasteiger partial charge in [0.15, 0.2) is 0 Å². The summed E-state index contributed by atoms with van der Waals surface area (Å²) in [5, 5.41) is 0.725. The smallest absolute Gasteiger partial charge is 0.223 e. The highest BCUT2D eigenvalue weighted by molar-refractivity contribution is 7.89. The lowest BCUT2D eigenvalue weighted by molar-refractivity contribution is -0.132. The Morgan fingerprint density at radius 3 is 2.46 bits per heavy atom. The van der Waals surface area contributed by atoms with Gasteiger partial charge in [0.1, 0.15) is 0 Å². The van der Waals surface area contributed by atoms with Crippen molar-refractivity contribution in [3.05, 3.63) is 34.9 Å². The van der Waals surface area contributed by atoms with Gasteiger partial charge in [0.05, 0.1) is 5.75 Å². The van der Waals surface area contributed by atoms with Gasteiger partial charge in [0.2, 0.25) is 15.9 Å². The molecule has 1 aromatic carbocycles. The van der Waals surface area contributed by atoms with Crippen molar-refractivity contribution in [3.63, 3.8) is 0 Å². The van der Waals surface area contributed by atoms with Gasteiger partial charge >= 0.3 is 0 Å². The van der Waals surface area contributed by atoms with Gasteiger partial charge in [-0.2, -0.15) is 0 Å². The Bertz CT molecular complexity index is 671. The van der Waals surface area contributed by atoms with E-state index in [-0.39, 0.29) is 18.1 Å². The molecule has 0 atom stereocenters. The zero-order valence-corrected chi connectivity index (χ0v) is 15.7. The van der Waals surface area contributed by atoms with Crippen LogP contribution < -0.4 is 0 Å². The van der Waals surface area contributed by atoms with Gasteiger partial charge in [0.25, 0.3) is 0 Å². The molecule has 2 rings (SSSR count). The van der Waals surface area contributed by atoms with Gasteiger partial charge in [-0.3, -0.25) is 9.69 Å². The maximum Gasteiger partial charge on any atom is 0.223 e. The average Bonchev–Trinajstić information content (AvgIpc) is 2.53. The SMILES string of the molecule is CN(C)S(=O)(=O)CCC(=O)N1CCN(Cc2cccc(Cl)c2)CC1. The van der Waals surface area contributed by atoms with E-state index in [1.807, 2.05) is 24.3 Å². The number of sulfonamides is 1. The predicted octanol–water partition coefficient (Wildman–Crippen LogP) is 1.27. The highest BCUT2D eigenvalue weighted by Gasteiger charge is 2.23. The number of carbonyl (C=O) groups excluding carboxylic acids is 1. The predicted molar refractivity (Wildman–Crippen MR) is 95.4 cm³/mol. The molecule has 1 heterocycles. The molecule has 0 N–H and O–H groups in total. The van der Waals surface area contributed by atoms with Crippen molar-refractivity contribution in [2.45, 2.75) is 13.0 Å². The molecule has 1 aliphatic rings. The second-order valence-corrected chi connectivity index (χ2v) is 8.87. The number of hydrogen-bond donors (Lipinski definition) is 0. The maximum atomic E-state index is 12.2. The monoisotopic (exact) mass is 373 g/mol. The third kappa shape index (κ3) is 5.44. The summed E-state index contributed by atoms with van der Waals surface area (Å²) in [7, 11) is -0.363. The fourth-order valence-electron chi connectivity index (χ4n) is 2.61. The van der Waals surface area contributed by atoms with Crippen molar-refractivity contribution in [2.24, 2.45) is 0 Å². The molecule has 1 aliphatic heterocycles. The van der Waals surface area contributed by atoms with Crippen LogP contribution in [0.1, 0.15) is 12.0 Å². The first-order chi connectivity index (χ1) is 11.3. The van der Waals surface area contributed by atoms with Crippen LogP contribution in [0, 0.1) is 0 Å². The van der Waals surface area contributed by atoms with Crippen LogP contribution in [0.2, 0.25) is 5.02 Å². The van der Waals surface area contributed by atoms with E-state index in [0.29, 0.717) is 13.1 Å². The zero-order valence-electron chi connectivity index (χ0n) is 14.1. The number of piperazine rings is 1. The fourth-order valence-corrected chi connectivity index (χ4v) is 3.62. The number of amides is 1. The molecule has 0 spiro atoms. The highest BCUT2D eigenvalue weighted by atomic mass is 35.5. The molecule has 0 bridgehead atoms. The van der Waals surface area contributed by atoms with Crippen molar-refractivity contribution in [3.8, 4) is 0 Å². The second kappa shape index (κ2) is 8.29. The lowest BCUT2D eigenvalue weighted by Gasteiger charge is -2.35. The molecule has 1 aromatic rings. The van der Waals surface area contributed by atoms with E-state index in [1.54, 1.807) is 4.90 Å². The standard InChI is InChI=1S/C16H24ClN3O3S/c1-18(2)24(22,23)11-6-16(21)20-9-7-19(8-10-20)13-14-4-3-5-15(17)12-14/h3-5,12H,6-11,13H2,1-2H3. The summed E-state index contributed by atoms with van der Waals surface area (Å²) in [6.45, 7) is 3.61. The molecule has 0 saturated carbocycles. The minimum Gasteiger partial charge on any atom is -0.340 e. The van der Waals surface area contributed by atoms with Gasteiger partial charge in [0, 0.05) is 58.3 Å². The first kappa shape index (κ1) is 19.2. The zero-order chi connectivity index (χ0) is 17.7. The normalized spacial score (nSPS) is 16.6. The van der Waals surface area contributed by atoms with E-state index >= 15 is 0 Å². The van der Waals surface area contributed by atoms with Crippen LogP contribution in [0.15, 0.2) is 24.3 Å². The van der Waals surface area contributed by atoms with Crippen LogP contribution in [0.25, 0.3) is 0 Å². The maximum absolute atomic E-state index is 12.2. The Morgan fingerprint density at radius 2 is 1.88 bits per heavy atom. The van der Waals surface area contributed by atoms with Crippen LogP contribution in [-0.4, -0.2) is 74.5 Å². The average molecular weight is 374 g/mol. The largest absolute Gasteiger partial charge is 0.340 e. The summed E-state index contributed by atoms with van der Waals surface area (Å²) >= 11 is 6.00. The Kier molecular flexibility index (Phi) is 6.62. The second-order valence-electron chi connectivity index (χ2n) is 6.14. The summed E-state index contributed by atoms with van der Waals surface area (Å²) in [6.07, 6.45) is 0.0365. The van der Waals surface area contributed by atoms with E-state index in [0.717, 1.165) is 34.5 Å². The topological polar surface area (TPSA) is 60.9 Å². The highest BCUT2D eigenvalue weighted by Crippen LogP contribution is 2.14. The third-order valence-corrected chi connectivity index (χ3v) is 6.22. The minimum absolute atomic E-state index is 0.0365. The summed E-state index contributed by atoms with van der Waals surface area (Å²) in [4.78, 5) is 16.2. The molecule has 24 heavy (non-hydrogen) atoms. The van der Waals surface area contributed by atoms with E-state index in [2.05, 4.69) is 4.90 Å². The number of halogens is 1. The van der Waals surface area contributed by atoms with E-state index in [4.69, 9.17) is 11.6 Å². The quantitative estimate of drug-likeness (QED) is 0.753. The van der Waals surface area contributed by atoms with Crippen LogP contribution in [0.5, 0.6) is 0 Å². The van der Waals surface area contributed by atoms with Gasteiger partial charge in [-0.15, -0.1) is 0 Å². The van der Waals surface area contributed by atoms with Crippen molar-refractivity contribution >= 4 is 27.5 Å². The van der Waals surface area contributed by atoms with E-state index < -0.39 is 10.0 Å². The minimum atomic E-state index is -3.32. The molecule has 0 aliphatic carbocycles. The molecule has 8 heteroatoms. The number of rotatable bonds is 6. The molecular formula is C16H24ClN3O3S. The van der Waals surface area contributed by atoms with E-state index in [9.17, 15) is 13.2 Å². The number of carbonyl (C=O) groups is 1. The Morgan fingerprint density at radius 1 is 1.21 bits per heavy atom. The molecule has 1 fully saturated rings. The molecule has 1 saturated heterocycles. The Labute approximate surface area is 149 Å². The van der Waals surface area contributed by atoms with Crippen molar-refractivity contribution in [1.29, 1.82) is 0 Å². The third-order valence-electron chi connectivity index (χ3n) is 4.15. The number of nitrogens with zero attached hydrogens (tertiary/aromatic N) is 3. The number of hydrogen-bond acceptors (Lipinski definition) is 4. The fraction of sp³-hybridized carbons (Fsp3) is 0.562. The van der Waals surface area contributed by atoms with Crippen molar-refractivity contribution in [2.75, 3.05) is 46.0 Å². The summed E-state index contributed by atoms with van der Waals surface area (Å²) in [5.74, 6) is -0.232. The molecule has 0 aromatic heterocycles. The van der Waals surface area contributed by atoms with E-state index in [1.165, 1.54) is 14.1 Å². The van der Waals surface area contributed by atoms with Crippen LogP contribution in [0.4, 0.5) is 0 Å². The van der Waals surface area contributed by atoms with Crippen LogP contribution >= 0.6 is 11.6 Å². The van der Waals surface area contributed by atoms with Gasteiger partial charge in [-0.05, 0) is 17.7 Å². The first-order valence-corrected chi connectivity index (χ1v) is 9.91. The number of benzene rings is 1. The van der Waals surface area contributed by atoms with Crippen LogP contribution in [0.3, 0.4) is 0 Å². The lowest BCUT2D eigenvalue weighted by Crippen LogP contribution is -2.48. The summed E-state index contributed by atoms with van der Waals surface area (Å²) < 4.78 is 24.6. The molecule has 0 unspecified atom stereocenters. The summed E-state index contributed by atoms with van der Waals surface area (Å²) in [5.41, 5.74) is 1.15. The van der Waals surface area contributed by atoms with Gasteiger partial charge in [-0.1, -0.05) is 23.7 Å². The molecular weight excluding hydrogens is 350 g/mol. The van der Waals surface area contributed by atoms with Gasteiger partial charge in [-0.25, -0.2) is 12.7 Å². The molecule has 6 nitrogen and oxygen atoms in total. The van der Waals surface area contributed by atoms with Crippen molar-refractivity contribution < 1.29 is 13.2 Å². The first-order valence-electron chi connectivity index (χ1n) is 7.93. The molecule has 0 radical (unpaired) electrons. The Balaban J connectivity index is 1.79. The van der Waals surface area contributed by atoms with Crippen molar-refractivity contribution in [1.82, 2.24) is 14.1 Å². The molecule has 134 valence electrons. The van der Waals surface area contributed by atoms with Crippen LogP contribution in [-0.2, 0) is 21.4 Å².